The number of nitrogens with zero attached hydrogens (tertiary/aromatic N) is 2. The highest BCUT2D eigenvalue weighted by Gasteiger charge is 2.30. The third-order valence-corrected chi connectivity index (χ3v) is 2.87. The van der Waals surface area contributed by atoms with Gasteiger partial charge < -0.3 is 10.2 Å². The van der Waals surface area contributed by atoms with Crippen LogP contribution in [0.1, 0.15) is 27.2 Å². The number of rotatable bonds is 1. The first kappa shape index (κ1) is 12.3. The van der Waals surface area contributed by atoms with Crippen LogP contribution in [-0.2, 0) is 0 Å². The van der Waals surface area contributed by atoms with Gasteiger partial charge in [-0.2, -0.15) is 0 Å². The number of hydrogen-bond donors (Lipinski definition) is 1. The zero-order valence-electron chi connectivity index (χ0n) is 10.5. The monoisotopic (exact) mass is 213 g/mol. The van der Waals surface area contributed by atoms with Crippen LogP contribution in [0.3, 0.4) is 0 Å². The first-order valence-corrected chi connectivity index (χ1v) is 5.53. The van der Waals surface area contributed by atoms with E-state index in [0.29, 0.717) is 6.04 Å². The van der Waals surface area contributed by atoms with Crippen molar-refractivity contribution in [2.24, 2.45) is 0 Å². The molecule has 1 atom stereocenters. The first-order chi connectivity index (χ1) is 6.80. The summed E-state index contributed by atoms with van der Waals surface area (Å²) in [5, 5.41) is 3.03. The van der Waals surface area contributed by atoms with Gasteiger partial charge in [0.15, 0.2) is 0 Å². The molecular formula is C11H23N3O. The number of carbonyl (C=O) groups excluding carboxylic acids is 1. The van der Waals surface area contributed by atoms with Gasteiger partial charge >= 0.3 is 6.03 Å². The van der Waals surface area contributed by atoms with E-state index in [4.69, 9.17) is 0 Å². The molecule has 0 radical (unpaired) electrons. The zero-order valence-corrected chi connectivity index (χ0v) is 10.5. The van der Waals surface area contributed by atoms with E-state index in [2.05, 4.69) is 31.0 Å². The Hall–Kier alpha value is -0.770. The van der Waals surface area contributed by atoms with Crippen molar-refractivity contribution in [1.29, 1.82) is 0 Å². The quantitative estimate of drug-likeness (QED) is 0.709. The lowest BCUT2D eigenvalue weighted by molar-refractivity contribution is 0.169. The van der Waals surface area contributed by atoms with Crippen LogP contribution in [0.5, 0.6) is 0 Å². The van der Waals surface area contributed by atoms with Gasteiger partial charge in [0.25, 0.3) is 0 Å². The smallest absolute Gasteiger partial charge is 0.317 e. The normalized spacial score (nSPS) is 22.9. The molecule has 1 saturated heterocycles. The summed E-state index contributed by atoms with van der Waals surface area (Å²) in [5.41, 5.74) is 0.206. The van der Waals surface area contributed by atoms with Gasteiger partial charge in [-0.05, 0) is 27.2 Å². The summed E-state index contributed by atoms with van der Waals surface area (Å²) in [4.78, 5) is 15.4. The van der Waals surface area contributed by atoms with Crippen LogP contribution in [0.2, 0.25) is 0 Å². The van der Waals surface area contributed by atoms with E-state index in [0.717, 1.165) is 19.5 Å². The summed E-state index contributed by atoms with van der Waals surface area (Å²) in [6, 6.07) is 0.315. The molecular weight excluding hydrogens is 190 g/mol. The van der Waals surface area contributed by atoms with Crippen LogP contribution in [-0.4, -0.2) is 54.6 Å². The molecule has 0 aromatic heterocycles. The molecule has 0 unspecified atom stereocenters. The van der Waals surface area contributed by atoms with Crippen molar-refractivity contribution in [3.8, 4) is 0 Å². The summed E-state index contributed by atoms with van der Waals surface area (Å²) in [5.74, 6) is 0. The molecule has 0 bridgehead atoms. The third-order valence-electron chi connectivity index (χ3n) is 2.87. The predicted molar refractivity (Wildman–Crippen MR) is 61.9 cm³/mol. The molecule has 0 saturated carbocycles. The van der Waals surface area contributed by atoms with Gasteiger partial charge in [0.2, 0.25) is 0 Å². The van der Waals surface area contributed by atoms with E-state index in [9.17, 15) is 4.79 Å². The zero-order chi connectivity index (χ0) is 11.6. The van der Waals surface area contributed by atoms with Crippen LogP contribution in [0.25, 0.3) is 0 Å². The maximum absolute atomic E-state index is 11.5. The molecule has 15 heavy (non-hydrogen) atoms. The van der Waals surface area contributed by atoms with Crippen molar-refractivity contribution in [3.05, 3.63) is 0 Å². The lowest BCUT2D eigenvalue weighted by Crippen LogP contribution is -2.45. The SMILES string of the molecule is CN(C)C(=O)N[C@@H]1CCN(C(C)(C)C)C1. The number of likely N-dealkylation sites (tertiary alicyclic amines) is 1. The minimum Gasteiger partial charge on any atom is -0.334 e. The second-order valence-corrected chi connectivity index (χ2v) is 5.45. The number of hydrogen-bond acceptors (Lipinski definition) is 2. The minimum atomic E-state index is 0.00996. The first-order valence-electron chi connectivity index (χ1n) is 5.53. The highest BCUT2D eigenvalue weighted by molar-refractivity contribution is 5.73. The molecule has 1 fully saturated rings. The van der Waals surface area contributed by atoms with E-state index >= 15 is 0 Å². The van der Waals surface area contributed by atoms with Crippen LogP contribution < -0.4 is 5.32 Å². The molecule has 1 N–H and O–H groups in total. The second kappa shape index (κ2) is 4.39. The van der Waals surface area contributed by atoms with Crippen molar-refractivity contribution in [1.82, 2.24) is 15.1 Å². The minimum absolute atomic E-state index is 0.00996. The molecule has 1 aliphatic heterocycles. The van der Waals surface area contributed by atoms with Gasteiger partial charge in [0.05, 0.1) is 0 Å². The fraction of sp³-hybridized carbons (Fsp3) is 0.909. The van der Waals surface area contributed by atoms with Crippen molar-refractivity contribution >= 4 is 6.03 Å². The van der Waals surface area contributed by atoms with Crippen molar-refractivity contribution in [2.45, 2.75) is 38.8 Å². The van der Waals surface area contributed by atoms with Crippen molar-refractivity contribution in [3.63, 3.8) is 0 Å². The lowest BCUT2D eigenvalue weighted by atomic mass is 10.1. The third kappa shape index (κ3) is 3.38. The molecule has 1 aliphatic rings. The average molecular weight is 213 g/mol. The standard InChI is InChI=1S/C11H23N3O/c1-11(2,3)14-7-6-9(8-14)12-10(15)13(4)5/h9H,6-8H2,1-5H3,(H,12,15)/t9-/m1/s1. The fourth-order valence-corrected chi connectivity index (χ4v) is 1.79. The second-order valence-electron chi connectivity index (χ2n) is 5.45. The Morgan fingerprint density at radius 2 is 2.00 bits per heavy atom. The van der Waals surface area contributed by atoms with E-state index in [1.54, 1.807) is 19.0 Å². The number of amides is 2. The van der Waals surface area contributed by atoms with E-state index in [1.165, 1.54) is 0 Å². The molecule has 1 rings (SSSR count). The van der Waals surface area contributed by atoms with Gasteiger partial charge in [0, 0.05) is 38.8 Å². The Labute approximate surface area is 92.6 Å². The van der Waals surface area contributed by atoms with Crippen LogP contribution in [0.4, 0.5) is 4.79 Å². The lowest BCUT2D eigenvalue weighted by Gasteiger charge is -2.31. The van der Waals surface area contributed by atoms with Gasteiger partial charge in [-0.1, -0.05) is 0 Å². The molecule has 0 aromatic carbocycles. The van der Waals surface area contributed by atoms with Crippen LogP contribution in [0.15, 0.2) is 0 Å². The van der Waals surface area contributed by atoms with Gasteiger partial charge in [-0.15, -0.1) is 0 Å². The van der Waals surface area contributed by atoms with E-state index in [-0.39, 0.29) is 11.6 Å². The average Bonchev–Trinajstić information content (AvgIpc) is 2.51. The summed E-state index contributed by atoms with van der Waals surface area (Å²) in [6.07, 6.45) is 1.05. The highest BCUT2D eigenvalue weighted by Crippen LogP contribution is 2.20. The molecule has 4 nitrogen and oxygen atoms in total. The molecule has 0 spiro atoms. The topological polar surface area (TPSA) is 35.6 Å². The Kier molecular flexibility index (Phi) is 3.60. The summed E-state index contributed by atoms with van der Waals surface area (Å²) >= 11 is 0. The van der Waals surface area contributed by atoms with Crippen LogP contribution >= 0.6 is 0 Å². The van der Waals surface area contributed by atoms with E-state index in [1.807, 2.05) is 0 Å². The predicted octanol–water partition coefficient (Wildman–Crippen LogP) is 1.13. The molecule has 0 aliphatic carbocycles. The number of urea groups is 1. The van der Waals surface area contributed by atoms with Crippen molar-refractivity contribution in [2.75, 3.05) is 27.2 Å². The maximum atomic E-state index is 11.5. The van der Waals surface area contributed by atoms with Gasteiger partial charge in [0.1, 0.15) is 0 Å². The largest absolute Gasteiger partial charge is 0.334 e. The Morgan fingerprint density at radius 1 is 1.40 bits per heavy atom. The summed E-state index contributed by atoms with van der Waals surface area (Å²) < 4.78 is 0. The number of carbonyl (C=O) groups is 1. The highest BCUT2D eigenvalue weighted by atomic mass is 16.2. The van der Waals surface area contributed by atoms with Gasteiger partial charge in [-0.25, -0.2) is 4.79 Å². The fourth-order valence-electron chi connectivity index (χ4n) is 1.79. The number of nitrogens with one attached hydrogen (secondary N) is 1. The Balaban J connectivity index is 2.41. The Bertz CT molecular complexity index is 232. The Morgan fingerprint density at radius 3 is 2.40 bits per heavy atom. The molecule has 2 amide bonds. The molecule has 1 heterocycles. The van der Waals surface area contributed by atoms with E-state index < -0.39 is 0 Å². The molecule has 0 aromatic rings. The van der Waals surface area contributed by atoms with Crippen LogP contribution in [0, 0.1) is 0 Å². The summed E-state index contributed by atoms with van der Waals surface area (Å²) in [6.45, 7) is 8.67. The maximum Gasteiger partial charge on any atom is 0.317 e. The molecule has 88 valence electrons. The molecule has 4 heteroatoms. The van der Waals surface area contributed by atoms with Crippen molar-refractivity contribution < 1.29 is 4.79 Å². The summed E-state index contributed by atoms with van der Waals surface area (Å²) in [7, 11) is 3.54. The van der Waals surface area contributed by atoms with Gasteiger partial charge in [-0.3, -0.25) is 4.90 Å².